The van der Waals surface area contributed by atoms with Crippen molar-refractivity contribution in [2.24, 2.45) is 0 Å². The first kappa shape index (κ1) is 11.8. The van der Waals surface area contributed by atoms with Gasteiger partial charge in [-0.15, -0.1) is 0 Å². The van der Waals surface area contributed by atoms with Gasteiger partial charge in [0.25, 0.3) is 11.3 Å². The molecule has 3 aromatic heterocycles. The lowest BCUT2D eigenvalue weighted by Gasteiger charge is -2.07. The number of benzene rings is 1. The molecule has 21 heavy (non-hydrogen) atoms. The molecule has 102 valence electrons. The van der Waals surface area contributed by atoms with Crippen molar-refractivity contribution in [3.63, 3.8) is 0 Å². The van der Waals surface area contributed by atoms with Gasteiger partial charge in [0.15, 0.2) is 0 Å². The van der Waals surface area contributed by atoms with Crippen LogP contribution in [0.3, 0.4) is 0 Å². The number of hydrogen-bond acceptors (Lipinski definition) is 4. The zero-order chi connectivity index (χ0) is 14.2. The molecule has 0 atom stereocenters. The van der Waals surface area contributed by atoms with E-state index < -0.39 is 0 Å². The number of rotatable bonds is 2. The summed E-state index contributed by atoms with van der Waals surface area (Å²) in [6.45, 7) is 0.533. The molecule has 0 saturated carbocycles. The van der Waals surface area contributed by atoms with Crippen molar-refractivity contribution in [2.75, 3.05) is 0 Å². The summed E-state index contributed by atoms with van der Waals surface area (Å²) in [5, 5.41) is 4.63. The number of aromatic nitrogens is 5. The first-order chi connectivity index (χ1) is 10.3. The highest BCUT2D eigenvalue weighted by Gasteiger charge is 2.08. The van der Waals surface area contributed by atoms with E-state index in [1.807, 2.05) is 36.4 Å². The molecule has 0 N–H and O–H groups in total. The van der Waals surface area contributed by atoms with Crippen LogP contribution < -0.4 is 5.56 Å². The van der Waals surface area contributed by atoms with E-state index in [2.05, 4.69) is 15.1 Å². The maximum absolute atomic E-state index is 12.6. The van der Waals surface area contributed by atoms with Crippen LogP contribution in [-0.4, -0.2) is 24.1 Å². The van der Waals surface area contributed by atoms with Gasteiger partial charge in [-0.25, -0.2) is 4.98 Å². The smallest absolute Gasteiger partial charge is 0.261 e. The van der Waals surface area contributed by atoms with E-state index in [-0.39, 0.29) is 5.56 Å². The molecule has 0 aliphatic rings. The van der Waals surface area contributed by atoms with Crippen LogP contribution in [0.2, 0.25) is 0 Å². The van der Waals surface area contributed by atoms with Crippen molar-refractivity contribution in [3.05, 3.63) is 71.0 Å². The maximum atomic E-state index is 12.6. The highest BCUT2D eigenvalue weighted by molar-refractivity contribution is 5.78. The molecule has 3 heterocycles. The normalized spacial score (nSPS) is 11.2. The van der Waals surface area contributed by atoms with Crippen molar-refractivity contribution in [3.8, 4) is 0 Å². The molecule has 0 aliphatic carbocycles. The largest absolute Gasteiger partial charge is 0.310 e. The van der Waals surface area contributed by atoms with Gasteiger partial charge >= 0.3 is 0 Å². The van der Waals surface area contributed by atoms with E-state index in [0.29, 0.717) is 23.2 Å². The fourth-order valence-electron chi connectivity index (χ4n) is 2.41. The van der Waals surface area contributed by atoms with Crippen LogP contribution >= 0.6 is 0 Å². The van der Waals surface area contributed by atoms with Gasteiger partial charge in [-0.05, 0) is 11.6 Å². The SMILES string of the molecule is O=c1c2cnc3ncnn3c2ccn1Cc1ccccc1. The minimum Gasteiger partial charge on any atom is -0.310 e. The molecule has 0 saturated heterocycles. The van der Waals surface area contributed by atoms with Gasteiger partial charge in [-0.2, -0.15) is 14.6 Å². The van der Waals surface area contributed by atoms with E-state index in [1.165, 1.54) is 6.33 Å². The minimum absolute atomic E-state index is 0.0822. The fourth-order valence-corrected chi connectivity index (χ4v) is 2.41. The summed E-state index contributed by atoms with van der Waals surface area (Å²) in [6.07, 6.45) is 4.76. The molecule has 4 rings (SSSR count). The first-order valence-corrected chi connectivity index (χ1v) is 6.55. The topological polar surface area (TPSA) is 65.1 Å². The molecule has 0 fully saturated rings. The van der Waals surface area contributed by atoms with Crippen LogP contribution in [0.4, 0.5) is 0 Å². The standard InChI is InChI=1S/C15H11N5O/c21-14-12-8-16-15-17-10-18-20(15)13(12)6-7-19(14)9-11-4-2-1-3-5-11/h1-8,10H,9H2. The average Bonchev–Trinajstić information content (AvgIpc) is 3.00. The van der Waals surface area contributed by atoms with Gasteiger partial charge in [0.2, 0.25) is 0 Å². The van der Waals surface area contributed by atoms with E-state index in [0.717, 1.165) is 5.56 Å². The van der Waals surface area contributed by atoms with Crippen LogP contribution in [0.25, 0.3) is 16.7 Å². The molecule has 6 heteroatoms. The van der Waals surface area contributed by atoms with Crippen molar-refractivity contribution >= 4 is 16.7 Å². The van der Waals surface area contributed by atoms with Crippen LogP contribution in [-0.2, 0) is 6.54 Å². The van der Waals surface area contributed by atoms with Crippen molar-refractivity contribution < 1.29 is 0 Å². The lowest BCUT2D eigenvalue weighted by atomic mass is 10.2. The molecule has 0 spiro atoms. The molecular weight excluding hydrogens is 266 g/mol. The third kappa shape index (κ3) is 1.88. The number of fused-ring (bicyclic) bond motifs is 3. The fraction of sp³-hybridized carbons (Fsp3) is 0.0667. The summed E-state index contributed by atoms with van der Waals surface area (Å²) in [7, 11) is 0. The highest BCUT2D eigenvalue weighted by atomic mass is 16.1. The lowest BCUT2D eigenvalue weighted by Crippen LogP contribution is -2.21. The zero-order valence-electron chi connectivity index (χ0n) is 11.0. The number of nitrogens with zero attached hydrogens (tertiary/aromatic N) is 5. The third-order valence-electron chi connectivity index (χ3n) is 3.44. The number of hydrogen-bond donors (Lipinski definition) is 0. The molecule has 1 aromatic carbocycles. The molecule has 6 nitrogen and oxygen atoms in total. The van der Waals surface area contributed by atoms with Crippen LogP contribution in [0, 0.1) is 0 Å². The van der Waals surface area contributed by atoms with Crippen LogP contribution in [0.5, 0.6) is 0 Å². The van der Waals surface area contributed by atoms with Gasteiger partial charge in [-0.3, -0.25) is 4.79 Å². The van der Waals surface area contributed by atoms with Crippen molar-refractivity contribution in [1.29, 1.82) is 0 Å². The second-order valence-corrected chi connectivity index (χ2v) is 4.76. The van der Waals surface area contributed by atoms with E-state index in [4.69, 9.17) is 0 Å². The minimum atomic E-state index is -0.0822. The summed E-state index contributed by atoms with van der Waals surface area (Å²) < 4.78 is 3.24. The van der Waals surface area contributed by atoms with Crippen molar-refractivity contribution in [2.45, 2.75) is 6.54 Å². The van der Waals surface area contributed by atoms with Gasteiger partial charge in [0, 0.05) is 12.4 Å². The molecule has 4 aromatic rings. The molecule has 0 unspecified atom stereocenters. The maximum Gasteiger partial charge on any atom is 0.261 e. The average molecular weight is 277 g/mol. The molecule has 0 radical (unpaired) electrons. The Hall–Kier alpha value is -3.02. The summed E-state index contributed by atoms with van der Waals surface area (Å²) >= 11 is 0. The molecule has 0 aliphatic heterocycles. The summed E-state index contributed by atoms with van der Waals surface area (Å²) in [4.78, 5) is 20.7. The Morgan fingerprint density at radius 1 is 1.05 bits per heavy atom. The highest BCUT2D eigenvalue weighted by Crippen LogP contribution is 2.09. The zero-order valence-corrected chi connectivity index (χ0v) is 11.0. The van der Waals surface area contributed by atoms with E-state index in [1.54, 1.807) is 21.5 Å². The second kappa shape index (κ2) is 4.52. The Labute approximate surface area is 119 Å². The Kier molecular flexibility index (Phi) is 2.53. The summed E-state index contributed by atoms with van der Waals surface area (Å²) in [6, 6.07) is 11.7. The molecule has 0 bridgehead atoms. The first-order valence-electron chi connectivity index (χ1n) is 6.55. The Bertz CT molecular complexity index is 987. The van der Waals surface area contributed by atoms with E-state index in [9.17, 15) is 4.79 Å². The molecular formula is C15H11N5O. The summed E-state index contributed by atoms with van der Waals surface area (Å²) in [5.74, 6) is 0.489. The van der Waals surface area contributed by atoms with Crippen LogP contribution in [0.15, 0.2) is 59.9 Å². The number of pyridine rings is 1. The lowest BCUT2D eigenvalue weighted by molar-refractivity contribution is 0.765. The Morgan fingerprint density at radius 2 is 1.90 bits per heavy atom. The van der Waals surface area contributed by atoms with Crippen LogP contribution in [0.1, 0.15) is 5.56 Å². The van der Waals surface area contributed by atoms with Gasteiger partial charge in [0.05, 0.1) is 17.4 Å². The van der Waals surface area contributed by atoms with Crippen molar-refractivity contribution in [1.82, 2.24) is 24.1 Å². The Morgan fingerprint density at radius 3 is 2.76 bits per heavy atom. The third-order valence-corrected chi connectivity index (χ3v) is 3.44. The summed E-state index contributed by atoms with van der Waals surface area (Å²) in [5.41, 5.74) is 1.71. The quantitative estimate of drug-likeness (QED) is 0.557. The molecule has 0 amide bonds. The predicted molar refractivity (Wildman–Crippen MR) is 78.1 cm³/mol. The monoisotopic (exact) mass is 277 g/mol. The van der Waals surface area contributed by atoms with E-state index >= 15 is 0 Å². The van der Waals surface area contributed by atoms with Gasteiger partial charge in [0.1, 0.15) is 6.33 Å². The Balaban J connectivity index is 1.90. The van der Waals surface area contributed by atoms with Gasteiger partial charge in [-0.1, -0.05) is 30.3 Å². The van der Waals surface area contributed by atoms with Gasteiger partial charge < -0.3 is 4.57 Å². The predicted octanol–water partition coefficient (Wildman–Crippen LogP) is 1.49. The second-order valence-electron chi connectivity index (χ2n) is 4.76.